The highest BCUT2D eigenvalue weighted by Gasteiger charge is 2.26. The third kappa shape index (κ3) is 6.57. The molecule has 0 heterocycles. The summed E-state index contributed by atoms with van der Waals surface area (Å²) in [5.74, 6) is -1.99. The molecule has 0 fully saturated rings. The molecular weight excluding hydrogens is 372 g/mol. The molecule has 0 radical (unpaired) electrons. The zero-order valence-electron chi connectivity index (χ0n) is 16.6. The van der Waals surface area contributed by atoms with Gasteiger partial charge in [-0.25, -0.2) is 4.79 Å². The van der Waals surface area contributed by atoms with Crippen molar-refractivity contribution in [1.29, 1.82) is 0 Å². The second-order valence-corrected chi connectivity index (χ2v) is 6.85. The Kier molecular flexibility index (Phi) is 7.65. The maximum Gasteiger partial charge on any atom is 0.329 e. The summed E-state index contributed by atoms with van der Waals surface area (Å²) in [6.07, 6.45) is 0. The molecule has 2 rings (SSSR count). The van der Waals surface area contributed by atoms with E-state index in [1.54, 1.807) is 68.4 Å². The van der Waals surface area contributed by atoms with Crippen molar-refractivity contribution in [2.24, 2.45) is 5.92 Å². The number of hydrogen-bond acceptors (Lipinski definition) is 5. The van der Waals surface area contributed by atoms with Gasteiger partial charge in [0.15, 0.2) is 12.4 Å². The monoisotopic (exact) mass is 396 g/mol. The number of nitrogens with one attached hydrogen (secondary N) is 2. The number of ketones is 1. The Balaban J connectivity index is 1.92. The number of esters is 1. The molecule has 7 nitrogen and oxygen atoms in total. The highest BCUT2D eigenvalue weighted by Crippen LogP contribution is 2.11. The summed E-state index contributed by atoms with van der Waals surface area (Å²) in [6.45, 7) is 4.46. The van der Waals surface area contributed by atoms with Gasteiger partial charge in [-0.1, -0.05) is 44.2 Å². The van der Waals surface area contributed by atoms with Crippen LogP contribution in [0.2, 0.25) is 0 Å². The Morgan fingerprint density at radius 1 is 0.931 bits per heavy atom. The summed E-state index contributed by atoms with van der Waals surface area (Å²) in [6, 6.07) is 14.1. The van der Waals surface area contributed by atoms with Crippen LogP contribution in [0.5, 0.6) is 0 Å². The predicted molar refractivity (Wildman–Crippen MR) is 109 cm³/mol. The summed E-state index contributed by atoms with van der Waals surface area (Å²) >= 11 is 0. The normalized spacial score (nSPS) is 11.4. The minimum atomic E-state index is -0.892. The minimum Gasteiger partial charge on any atom is -0.454 e. The summed E-state index contributed by atoms with van der Waals surface area (Å²) in [4.78, 5) is 48.2. The Labute approximate surface area is 169 Å². The zero-order chi connectivity index (χ0) is 21.4. The van der Waals surface area contributed by atoms with E-state index in [-0.39, 0.29) is 11.7 Å². The molecule has 7 heteroatoms. The molecule has 0 bridgehead atoms. The lowest BCUT2D eigenvalue weighted by molar-refractivity contribution is -0.150. The van der Waals surface area contributed by atoms with E-state index in [0.29, 0.717) is 16.8 Å². The standard InChI is InChI=1S/C22H24N2O5/c1-14(2)20(24-21(27)16-8-5-4-6-9-16)22(28)29-13-19(26)23-18-11-7-10-17(12-18)15(3)25/h4-12,14,20H,13H2,1-3H3,(H,23,26)(H,24,27)/t20-/m1/s1. The van der Waals surface area contributed by atoms with E-state index in [2.05, 4.69) is 10.6 Å². The molecule has 152 valence electrons. The van der Waals surface area contributed by atoms with Gasteiger partial charge in [0.1, 0.15) is 6.04 Å². The van der Waals surface area contributed by atoms with Crippen LogP contribution in [0.15, 0.2) is 54.6 Å². The third-order valence-electron chi connectivity index (χ3n) is 4.14. The van der Waals surface area contributed by atoms with Gasteiger partial charge in [0.25, 0.3) is 11.8 Å². The van der Waals surface area contributed by atoms with Crippen LogP contribution in [0.1, 0.15) is 41.5 Å². The van der Waals surface area contributed by atoms with Crippen LogP contribution < -0.4 is 10.6 Å². The van der Waals surface area contributed by atoms with Crippen LogP contribution in [0.25, 0.3) is 0 Å². The molecule has 0 aromatic heterocycles. The molecule has 0 spiro atoms. The van der Waals surface area contributed by atoms with Crippen molar-refractivity contribution in [1.82, 2.24) is 5.32 Å². The van der Waals surface area contributed by atoms with E-state index in [1.807, 2.05) is 0 Å². The average molecular weight is 396 g/mol. The fourth-order valence-electron chi connectivity index (χ4n) is 2.55. The molecule has 29 heavy (non-hydrogen) atoms. The molecule has 0 aliphatic carbocycles. The van der Waals surface area contributed by atoms with Gasteiger partial charge < -0.3 is 15.4 Å². The minimum absolute atomic E-state index is 0.124. The highest BCUT2D eigenvalue weighted by molar-refractivity contribution is 5.98. The molecule has 0 aliphatic heterocycles. The number of Topliss-reactive ketones (excluding diaryl/α,β-unsaturated/α-hetero) is 1. The van der Waals surface area contributed by atoms with E-state index in [9.17, 15) is 19.2 Å². The number of ether oxygens (including phenoxy) is 1. The Morgan fingerprint density at radius 3 is 2.21 bits per heavy atom. The molecule has 2 aromatic carbocycles. The van der Waals surface area contributed by atoms with Crippen molar-refractivity contribution >= 4 is 29.3 Å². The maximum absolute atomic E-state index is 12.4. The lowest BCUT2D eigenvalue weighted by Gasteiger charge is -2.20. The molecule has 2 N–H and O–H groups in total. The van der Waals surface area contributed by atoms with Crippen LogP contribution in [-0.4, -0.2) is 36.2 Å². The molecule has 2 amide bonds. The lowest BCUT2D eigenvalue weighted by Crippen LogP contribution is -2.45. The number of anilines is 1. The fourth-order valence-corrected chi connectivity index (χ4v) is 2.55. The molecule has 0 saturated carbocycles. The van der Waals surface area contributed by atoms with E-state index in [0.717, 1.165) is 0 Å². The van der Waals surface area contributed by atoms with Crippen LogP contribution >= 0.6 is 0 Å². The largest absolute Gasteiger partial charge is 0.454 e. The SMILES string of the molecule is CC(=O)c1cccc(NC(=O)COC(=O)[C@H](NC(=O)c2ccccc2)C(C)C)c1. The summed E-state index contributed by atoms with van der Waals surface area (Å²) in [5.41, 5.74) is 1.31. The first kappa shape index (κ1) is 21.8. The molecule has 0 aliphatic rings. The molecule has 0 saturated heterocycles. The van der Waals surface area contributed by atoms with Crippen molar-refractivity contribution in [3.8, 4) is 0 Å². The van der Waals surface area contributed by atoms with Gasteiger partial charge in [0.2, 0.25) is 0 Å². The zero-order valence-corrected chi connectivity index (χ0v) is 16.6. The van der Waals surface area contributed by atoms with Crippen LogP contribution in [0.3, 0.4) is 0 Å². The van der Waals surface area contributed by atoms with Gasteiger partial charge in [-0.2, -0.15) is 0 Å². The Hall–Kier alpha value is -3.48. The number of hydrogen-bond donors (Lipinski definition) is 2. The van der Waals surface area contributed by atoms with Crippen LogP contribution in [0.4, 0.5) is 5.69 Å². The highest BCUT2D eigenvalue weighted by atomic mass is 16.5. The van der Waals surface area contributed by atoms with Gasteiger partial charge in [0.05, 0.1) is 0 Å². The molecule has 2 aromatic rings. The van der Waals surface area contributed by atoms with Gasteiger partial charge >= 0.3 is 5.97 Å². The topological polar surface area (TPSA) is 102 Å². The van der Waals surface area contributed by atoms with Crippen molar-refractivity contribution in [2.45, 2.75) is 26.8 Å². The van der Waals surface area contributed by atoms with Crippen LogP contribution in [0, 0.1) is 5.92 Å². The number of rotatable bonds is 8. The number of amides is 2. The van der Waals surface area contributed by atoms with E-state index in [4.69, 9.17) is 4.74 Å². The second-order valence-electron chi connectivity index (χ2n) is 6.85. The molecule has 0 unspecified atom stereocenters. The predicted octanol–water partition coefficient (Wildman–Crippen LogP) is 2.83. The lowest BCUT2D eigenvalue weighted by atomic mass is 10.0. The van der Waals surface area contributed by atoms with Crippen LogP contribution in [-0.2, 0) is 14.3 Å². The van der Waals surface area contributed by atoms with Crippen molar-refractivity contribution < 1.29 is 23.9 Å². The second kappa shape index (κ2) is 10.2. The van der Waals surface area contributed by atoms with Gasteiger partial charge in [-0.05, 0) is 37.1 Å². The van der Waals surface area contributed by atoms with Crippen molar-refractivity contribution in [3.05, 3.63) is 65.7 Å². The Bertz CT molecular complexity index is 893. The number of carbonyl (C=O) groups excluding carboxylic acids is 4. The maximum atomic E-state index is 12.4. The van der Waals surface area contributed by atoms with E-state index >= 15 is 0 Å². The molecule has 1 atom stereocenters. The van der Waals surface area contributed by atoms with Crippen molar-refractivity contribution in [2.75, 3.05) is 11.9 Å². The summed E-state index contributed by atoms with van der Waals surface area (Å²) < 4.78 is 5.08. The third-order valence-corrected chi connectivity index (χ3v) is 4.14. The fraction of sp³-hybridized carbons (Fsp3) is 0.273. The summed E-state index contributed by atoms with van der Waals surface area (Å²) in [5, 5.41) is 5.21. The quantitative estimate of drug-likeness (QED) is 0.528. The number of benzene rings is 2. The number of carbonyl (C=O) groups is 4. The first-order valence-electron chi connectivity index (χ1n) is 9.21. The van der Waals surface area contributed by atoms with Crippen molar-refractivity contribution in [3.63, 3.8) is 0 Å². The Morgan fingerprint density at radius 2 is 1.59 bits per heavy atom. The first-order valence-corrected chi connectivity index (χ1v) is 9.21. The molecular formula is C22H24N2O5. The first-order chi connectivity index (χ1) is 13.8. The smallest absolute Gasteiger partial charge is 0.329 e. The van der Waals surface area contributed by atoms with Gasteiger partial charge in [0, 0.05) is 16.8 Å². The summed E-state index contributed by atoms with van der Waals surface area (Å²) in [7, 11) is 0. The van der Waals surface area contributed by atoms with Gasteiger partial charge in [-0.15, -0.1) is 0 Å². The average Bonchev–Trinajstić information content (AvgIpc) is 2.70. The van der Waals surface area contributed by atoms with E-state index < -0.39 is 30.4 Å². The van der Waals surface area contributed by atoms with Gasteiger partial charge in [-0.3, -0.25) is 14.4 Å². The van der Waals surface area contributed by atoms with E-state index in [1.165, 1.54) is 6.92 Å².